The third-order valence-electron chi connectivity index (χ3n) is 6.69. The van der Waals surface area contributed by atoms with E-state index in [1.807, 2.05) is 48.5 Å². The van der Waals surface area contributed by atoms with E-state index in [9.17, 15) is 9.59 Å². The van der Waals surface area contributed by atoms with Gasteiger partial charge in [-0.1, -0.05) is 30.3 Å². The molecule has 1 aliphatic rings. The Balaban J connectivity index is 1.29. The zero-order valence-corrected chi connectivity index (χ0v) is 19.8. The molecule has 2 heterocycles. The summed E-state index contributed by atoms with van der Waals surface area (Å²) in [6.07, 6.45) is 3.77. The van der Waals surface area contributed by atoms with Crippen molar-refractivity contribution in [3.63, 3.8) is 0 Å². The van der Waals surface area contributed by atoms with E-state index < -0.39 is 0 Å². The molecule has 1 unspecified atom stereocenters. The van der Waals surface area contributed by atoms with Crippen LogP contribution >= 0.6 is 0 Å². The molecule has 0 radical (unpaired) electrons. The van der Waals surface area contributed by atoms with Crippen LogP contribution in [0.5, 0.6) is 5.75 Å². The molecule has 0 spiro atoms. The van der Waals surface area contributed by atoms with Crippen molar-refractivity contribution in [3.05, 3.63) is 89.5 Å². The van der Waals surface area contributed by atoms with Gasteiger partial charge in [-0.15, -0.1) is 0 Å². The normalized spacial score (nSPS) is 14.9. The van der Waals surface area contributed by atoms with Crippen molar-refractivity contribution in [2.24, 2.45) is 5.92 Å². The molecule has 0 saturated heterocycles. The third kappa shape index (κ3) is 4.94. The third-order valence-corrected chi connectivity index (χ3v) is 6.69. The number of carbonyl (C=O) groups excluding carboxylic acids is 2. The van der Waals surface area contributed by atoms with Crippen LogP contribution in [0.25, 0.3) is 10.9 Å². The zero-order valence-electron chi connectivity index (χ0n) is 19.8. The Bertz CT molecular complexity index is 1340. The summed E-state index contributed by atoms with van der Waals surface area (Å²) in [5, 5.41) is 7.15. The molecule has 7 heteroatoms. The van der Waals surface area contributed by atoms with Crippen molar-refractivity contribution in [3.8, 4) is 5.75 Å². The molecule has 2 aromatic heterocycles. The van der Waals surface area contributed by atoms with Crippen LogP contribution in [-0.4, -0.2) is 23.5 Å². The molecular formula is C28H29N3O4. The maximum absolute atomic E-state index is 13.0. The fraction of sp³-hybridized carbons (Fsp3) is 0.286. The van der Waals surface area contributed by atoms with Crippen LogP contribution in [0.2, 0.25) is 0 Å². The summed E-state index contributed by atoms with van der Waals surface area (Å²) in [6.45, 7) is 1.07. The van der Waals surface area contributed by atoms with Crippen molar-refractivity contribution in [2.45, 2.75) is 38.9 Å². The maximum Gasteiger partial charge on any atom is 0.240 e. The molecule has 180 valence electrons. The van der Waals surface area contributed by atoms with Gasteiger partial charge in [0, 0.05) is 29.1 Å². The number of furan rings is 1. The number of benzene rings is 2. The van der Waals surface area contributed by atoms with E-state index in [1.54, 1.807) is 19.4 Å². The highest BCUT2D eigenvalue weighted by Gasteiger charge is 2.29. The number of ether oxygens (including phenoxy) is 1. The largest absolute Gasteiger partial charge is 0.497 e. The highest BCUT2D eigenvalue weighted by atomic mass is 16.5. The number of amides is 2. The first-order valence-electron chi connectivity index (χ1n) is 11.9. The lowest BCUT2D eigenvalue weighted by Gasteiger charge is -2.23. The van der Waals surface area contributed by atoms with Gasteiger partial charge < -0.3 is 24.4 Å². The summed E-state index contributed by atoms with van der Waals surface area (Å²) in [5.41, 5.74) is 4.36. The van der Waals surface area contributed by atoms with E-state index in [4.69, 9.17) is 9.15 Å². The molecule has 7 nitrogen and oxygen atoms in total. The molecule has 2 aromatic carbocycles. The van der Waals surface area contributed by atoms with Gasteiger partial charge in [0.25, 0.3) is 0 Å². The highest BCUT2D eigenvalue weighted by Crippen LogP contribution is 2.34. The van der Waals surface area contributed by atoms with Crippen LogP contribution in [0.1, 0.15) is 29.0 Å². The Kier molecular flexibility index (Phi) is 6.57. The van der Waals surface area contributed by atoms with Gasteiger partial charge in [-0.05, 0) is 60.7 Å². The molecule has 2 amide bonds. The lowest BCUT2D eigenvalue weighted by atomic mass is 9.85. The predicted octanol–water partition coefficient (Wildman–Crippen LogP) is 3.98. The second-order valence-electron chi connectivity index (χ2n) is 8.89. The first-order valence-corrected chi connectivity index (χ1v) is 11.9. The second-order valence-corrected chi connectivity index (χ2v) is 8.89. The summed E-state index contributed by atoms with van der Waals surface area (Å²) >= 11 is 0. The number of para-hydroxylation sites is 1. The van der Waals surface area contributed by atoms with Crippen molar-refractivity contribution in [1.82, 2.24) is 15.2 Å². The summed E-state index contributed by atoms with van der Waals surface area (Å²) in [6, 6.07) is 19.5. The first-order chi connectivity index (χ1) is 17.1. The summed E-state index contributed by atoms with van der Waals surface area (Å²) in [5.74, 6) is 1.40. The SMILES string of the molecule is COc1cccc(CNC(=O)C2CCc3c(c4ccccc4n3CC(=O)NCc3ccco3)C2)c1. The molecule has 0 bridgehead atoms. The van der Waals surface area contributed by atoms with Crippen LogP contribution in [0.3, 0.4) is 0 Å². The minimum absolute atomic E-state index is 0.0616. The number of nitrogens with one attached hydrogen (secondary N) is 2. The van der Waals surface area contributed by atoms with Crippen LogP contribution in [-0.2, 0) is 42.1 Å². The molecule has 5 rings (SSSR count). The Morgan fingerprint density at radius 2 is 1.94 bits per heavy atom. The maximum atomic E-state index is 13.0. The number of methoxy groups -OCH3 is 1. The number of fused-ring (bicyclic) bond motifs is 3. The first kappa shape index (κ1) is 22.8. The van der Waals surface area contributed by atoms with Gasteiger partial charge in [-0.2, -0.15) is 0 Å². The van der Waals surface area contributed by atoms with Crippen LogP contribution in [0, 0.1) is 5.92 Å². The molecule has 2 N–H and O–H groups in total. The van der Waals surface area contributed by atoms with E-state index in [0.29, 0.717) is 19.5 Å². The van der Waals surface area contributed by atoms with Gasteiger partial charge in [0.05, 0.1) is 19.9 Å². The van der Waals surface area contributed by atoms with Gasteiger partial charge in [0.2, 0.25) is 11.8 Å². The fourth-order valence-electron chi connectivity index (χ4n) is 4.92. The standard InChI is InChI=1S/C28H29N3O4/c1-34-21-7-4-6-19(14-21)16-30-28(33)20-11-12-26-24(15-20)23-9-2-3-10-25(23)31(26)18-27(32)29-17-22-8-5-13-35-22/h2-10,13-14,20H,11-12,15-18H2,1H3,(H,29,32)(H,30,33). The number of hydrogen-bond acceptors (Lipinski definition) is 4. The van der Waals surface area contributed by atoms with Crippen LogP contribution in [0.4, 0.5) is 0 Å². The van der Waals surface area contributed by atoms with Crippen LogP contribution in [0.15, 0.2) is 71.3 Å². The minimum Gasteiger partial charge on any atom is -0.497 e. The summed E-state index contributed by atoms with van der Waals surface area (Å²) < 4.78 is 12.7. The highest BCUT2D eigenvalue weighted by molar-refractivity contribution is 5.89. The van der Waals surface area contributed by atoms with Crippen LogP contribution < -0.4 is 15.4 Å². The van der Waals surface area contributed by atoms with E-state index in [1.165, 1.54) is 5.56 Å². The molecule has 0 aliphatic heterocycles. The molecule has 4 aromatic rings. The minimum atomic E-state index is -0.0971. The number of aromatic nitrogens is 1. The molecule has 1 aliphatic carbocycles. The smallest absolute Gasteiger partial charge is 0.240 e. The van der Waals surface area contributed by atoms with Gasteiger partial charge in [0.15, 0.2) is 0 Å². The number of nitrogens with zero attached hydrogens (tertiary/aromatic N) is 1. The second kappa shape index (κ2) is 10.1. The average Bonchev–Trinajstić information content (AvgIpc) is 3.53. The van der Waals surface area contributed by atoms with Gasteiger partial charge >= 0.3 is 0 Å². The topological polar surface area (TPSA) is 85.5 Å². The number of carbonyl (C=O) groups is 2. The predicted molar refractivity (Wildman–Crippen MR) is 133 cm³/mol. The molecule has 0 saturated carbocycles. The van der Waals surface area contributed by atoms with Crippen molar-refractivity contribution in [1.29, 1.82) is 0 Å². The molecule has 0 fully saturated rings. The van der Waals surface area contributed by atoms with E-state index >= 15 is 0 Å². The van der Waals surface area contributed by atoms with Gasteiger partial charge in [-0.25, -0.2) is 0 Å². The Labute approximate surface area is 204 Å². The summed E-state index contributed by atoms with van der Waals surface area (Å²) in [4.78, 5) is 25.8. The van der Waals surface area contributed by atoms with Gasteiger partial charge in [-0.3, -0.25) is 9.59 Å². The number of rotatable bonds is 8. The fourth-order valence-corrected chi connectivity index (χ4v) is 4.92. The Morgan fingerprint density at radius 3 is 2.77 bits per heavy atom. The molecule has 35 heavy (non-hydrogen) atoms. The quantitative estimate of drug-likeness (QED) is 0.407. The van der Waals surface area contributed by atoms with Crippen molar-refractivity contribution >= 4 is 22.7 Å². The van der Waals surface area contributed by atoms with Crippen molar-refractivity contribution < 1.29 is 18.7 Å². The Morgan fingerprint density at radius 1 is 1.06 bits per heavy atom. The van der Waals surface area contributed by atoms with Crippen molar-refractivity contribution in [2.75, 3.05) is 7.11 Å². The molecular weight excluding hydrogens is 442 g/mol. The summed E-state index contributed by atoms with van der Waals surface area (Å²) in [7, 11) is 1.64. The van der Waals surface area contributed by atoms with E-state index in [0.717, 1.165) is 46.5 Å². The number of hydrogen-bond donors (Lipinski definition) is 2. The lowest BCUT2D eigenvalue weighted by molar-refractivity contribution is -0.125. The van der Waals surface area contributed by atoms with E-state index in [2.05, 4.69) is 21.3 Å². The monoisotopic (exact) mass is 471 g/mol. The Hall–Kier alpha value is -4.00. The van der Waals surface area contributed by atoms with Gasteiger partial charge in [0.1, 0.15) is 18.1 Å². The zero-order chi connectivity index (χ0) is 24.2. The average molecular weight is 472 g/mol. The molecule has 1 atom stereocenters. The lowest BCUT2D eigenvalue weighted by Crippen LogP contribution is -2.34. The van der Waals surface area contributed by atoms with E-state index in [-0.39, 0.29) is 24.3 Å².